The SMILES string of the molecule is C=[N+]1N=C(CC(=O)O)c2ccc(F)nc21. The maximum atomic E-state index is 12.8. The summed E-state index contributed by atoms with van der Waals surface area (Å²) in [6, 6.07) is 2.61. The predicted molar refractivity (Wildman–Crippen MR) is 50.0 cm³/mol. The van der Waals surface area contributed by atoms with E-state index in [1.54, 1.807) is 0 Å². The van der Waals surface area contributed by atoms with Gasteiger partial charge in [-0.15, -0.1) is 4.68 Å². The number of carbonyl (C=O) groups is 1. The van der Waals surface area contributed by atoms with Crippen molar-refractivity contribution >= 4 is 24.2 Å². The van der Waals surface area contributed by atoms with Crippen molar-refractivity contribution in [3.63, 3.8) is 0 Å². The van der Waals surface area contributed by atoms with Gasteiger partial charge in [-0.2, -0.15) is 4.39 Å². The van der Waals surface area contributed by atoms with Gasteiger partial charge in [0.25, 0.3) is 0 Å². The van der Waals surface area contributed by atoms with Crippen LogP contribution >= 0.6 is 0 Å². The minimum Gasteiger partial charge on any atom is -0.481 e. The Morgan fingerprint density at radius 1 is 1.60 bits per heavy atom. The molecule has 0 bridgehead atoms. The first-order valence-electron chi connectivity index (χ1n) is 4.15. The van der Waals surface area contributed by atoms with Crippen LogP contribution in [-0.4, -0.2) is 33.2 Å². The fourth-order valence-corrected chi connectivity index (χ4v) is 1.37. The fraction of sp³-hybridized carbons (Fsp3) is 0.111. The summed E-state index contributed by atoms with van der Waals surface area (Å²) in [4.78, 5) is 14.1. The second-order valence-electron chi connectivity index (χ2n) is 3.02. The van der Waals surface area contributed by atoms with Crippen molar-refractivity contribution in [1.29, 1.82) is 0 Å². The van der Waals surface area contributed by atoms with Gasteiger partial charge in [0.05, 0.1) is 18.7 Å². The summed E-state index contributed by atoms with van der Waals surface area (Å²) in [5.74, 6) is -1.40. The molecular formula is C9H7FN3O2+. The smallest absolute Gasteiger partial charge is 0.360 e. The van der Waals surface area contributed by atoms with Crippen molar-refractivity contribution in [2.24, 2.45) is 5.10 Å². The van der Waals surface area contributed by atoms with Crippen molar-refractivity contribution < 1.29 is 19.0 Å². The second-order valence-corrected chi connectivity index (χ2v) is 3.02. The maximum absolute atomic E-state index is 12.8. The van der Waals surface area contributed by atoms with Gasteiger partial charge in [0, 0.05) is 6.07 Å². The summed E-state index contributed by atoms with van der Waals surface area (Å²) in [6.07, 6.45) is -0.230. The molecule has 1 N–H and O–H groups in total. The minimum absolute atomic E-state index is 0.230. The summed E-state index contributed by atoms with van der Waals surface area (Å²) >= 11 is 0. The highest BCUT2D eigenvalue weighted by Crippen LogP contribution is 2.24. The predicted octanol–water partition coefficient (Wildman–Crippen LogP) is 0.758. The van der Waals surface area contributed by atoms with Crippen LogP contribution < -0.4 is 0 Å². The number of carboxylic acids is 1. The van der Waals surface area contributed by atoms with Gasteiger partial charge in [0.2, 0.25) is 0 Å². The van der Waals surface area contributed by atoms with Crippen LogP contribution in [0.2, 0.25) is 0 Å². The lowest BCUT2D eigenvalue weighted by Gasteiger charge is -1.92. The molecule has 1 aromatic rings. The lowest BCUT2D eigenvalue weighted by atomic mass is 10.1. The molecule has 0 saturated heterocycles. The van der Waals surface area contributed by atoms with Gasteiger partial charge >= 0.3 is 17.7 Å². The van der Waals surface area contributed by atoms with E-state index in [4.69, 9.17) is 5.11 Å². The van der Waals surface area contributed by atoms with Crippen molar-refractivity contribution in [3.8, 4) is 0 Å². The minimum atomic E-state index is -1.00. The van der Waals surface area contributed by atoms with E-state index in [1.807, 2.05) is 0 Å². The molecule has 0 aliphatic carbocycles. The third-order valence-electron chi connectivity index (χ3n) is 1.96. The van der Waals surface area contributed by atoms with Crippen LogP contribution in [0.15, 0.2) is 17.2 Å². The molecule has 0 aromatic carbocycles. The zero-order valence-corrected chi connectivity index (χ0v) is 7.64. The molecule has 15 heavy (non-hydrogen) atoms. The lowest BCUT2D eigenvalue weighted by Crippen LogP contribution is -2.06. The molecule has 0 atom stereocenters. The number of fused-ring (bicyclic) bond motifs is 1. The Morgan fingerprint density at radius 3 is 3.00 bits per heavy atom. The molecule has 1 aromatic heterocycles. The molecule has 0 fully saturated rings. The van der Waals surface area contributed by atoms with E-state index in [0.717, 1.165) is 10.8 Å². The van der Waals surface area contributed by atoms with E-state index in [-0.39, 0.29) is 12.2 Å². The first-order valence-corrected chi connectivity index (χ1v) is 4.15. The number of aliphatic carboxylic acids is 1. The molecule has 2 rings (SSSR count). The van der Waals surface area contributed by atoms with E-state index in [9.17, 15) is 9.18 Å². The summed E-state index contributed by atoms with van der Waals surface area (Å²) in [5, 5.41) is 12.5. The molecule has 1 aliphatic rings. The van der Waals surface area contributed by atoms with Gasteiger partial charge in [-0.1, -0.05) is 5.10 Å². The topological polar surface area (TPSA) is 65.6 Å². The Morgan fingerprint density at radius 2 is 2.33 bits per heavy atom. The van der Waals surface area contributed by atoms with Crippen LogP contribution in [0.25, 0.3) is 0 Å². The average Bonchev–Trinajstić information content (AvgIpc) is 2.42. The van der Waals surface area contributed by atoms with Crippen LogP contribution in [0, 0.1) is 5.95 Å². The van der Waals surface area contributed by atoms with E-state index >= 15 is 0 Å². The van der Waals surface area contributed by atoms with E-state index in [2.05, 4.69) is 16.8 Å². The molecule has 6 heteroatoms. The van der Waals surface area contributed by atoms with Gasteiger partial charge in [-0.05, 0) is 11.1 Å². The van der Waals surface area contributed by atoms with Gasteiger partial charge in [-0.25, -0.2) is 0 Å². The highest BCUT2D eigenvalue weighted by molar-refractivity contribution is 6.11. The monoisotopic (exact) mass is 208 g/mol. The maximum Gasteiger partial charge on any atom is 0.360 e. The Balaban J connectivity index is 2.46. The Labute approximate surface area is 84.2 Å². The lowest BCUT2D eigenvalue weighted by molar-refractivity contribution is -0.435. The number of aromatic nitrogens is 1. The van der Waals surface area contributed by atoms with Crippen molar-refractivity contribution in [1.82, 2.24) is 4.98 Å². The van der Waals surface area contributed by atoms with Crippen LogP contribution in [0.4, 0.5) is 10.2 Å². The number of nitrogens with zero attached hydrogens (tertiary/aromatic N) is 3. The van der Waals surface area contributed by atoms with Crippen molar-refractivity contribution in [2.45, 2.75) is 6.42 Å². The first kappa shape index (κ1) is 9.45. The van der Waals surface area contributed by atoms with Crippen LogP contribution in [0.1, 0.15) is 12.0 Å². The van der Waals surface area contributed by atoms with Crippen LogP contribution in [0.3, 0.4) is 0 Å². The fourth-order valence-electron chi connectivity index (χ4n) is 1.37. The number of halogens is 1. The molecule has 1 aliphatic heterocycles. The van der Waals surface area contributed by atoms with Crippen LogP contribution in [-0.2, 0) is 4.79 Å². The van der Waals surface area contributed by atoms with Crippen molar-refractivity contribution in [3.05, 3.63) is 23.6 Å². The molecule has 0 radical (unpaired) electrons. The summed E-state index contributed by atoms with van der Waals surface area (Å²) in [7, 11) is 0. The summed E-state index contributed by atoms with van der Waals surface area (Å²) in [6.45, 7) is 3.50. The molecule has 0 amide bonds. The van der Waals surface area contributed by atoms with Crippen molar-refractivity contribution in [2.75, 3.05) is 0 Å². The third kappa shape index (κ3) is 1.61. The molecule has 0 spiro atoms. The number of hydrogen-bond acceptors (Lipinski definition) is 3. The van der Waals surface area contributed by atoms with Gasteiger partial charge in [-0.3, -0.25) is 4.79 Å². The Bertz CT molecular complexity index is 496. The number of pyridine rings is 1. The highest BCUT2D eigenvalue weighted by Gasteiger charge is 2.29. The largest absolute Gasteiger partial charge is 0.481 e. The number of hydrogen-bond donors (Lipinski definition) is 1. The Kier molecular flexibility index (Phi) is 2.03. The number of carboxylic acid groups (broad SMARTS) is 1. The second kappa shape index (κ2) is 3.23. The molecule has 2 heterocycles. The molecule has 0 saturated carbocycles. The zero-order valence-electron chi connectivity index (χ0n) is 7.64. The van der Waals surface area contributed by atoms with Crippen LogP contribution in [0.5, 0.6) is 0 Å². The third-order valence-corrected chi connectivity index (χ3v) is 1.96. The molecule has 5 nitrogen and oxygen atoms in total. The summed E-state index contributed by atoms with van der Waals surface area (Å²) in [5.41, 5.74) is 0.841. The number of rotatable bonds is 2. The summed E-state index contributed by atoms with van der Waals surface area (Å²) < 4.78 is 13.9. The van der Waals surface area contributed by atoms with Gasteiger partial charge in [0.15, 0.2) is 0 Å². The molecule has 0 unspecified atom stereocenters. The highest BCUT2D eigenvalue weighted by atomic mass is 19.1. The van der Waals surface area contributed by atoms with E-state index in [1.165, 1.54) is 6.07 Å². The number of hydrazone groups is 1. The molecular weight excluding hydrogens is 201 g/mol. The zero-order chi connectivity index (χ0) is 11.0. The van der Waals surface area contributed by atoms with Gasteiger partial charge < -0.3 is 5.11 Å². The van der Waals surface area contributed by atoms with Gasteiger partial charge in [0.1, 0.15) is 5.71 Å². The quantitative estimate of drug-likeness (QED) is 0.576. The van der Waals surface area contributed by atoms with E-state index < -0.39 is 11.9 Å². The standard InChI is InChI=1S/C9H6FN3O2/c1-13-9-5(2-3-7(10)11-9)6(12-13)4-8(14)15/h2-3H,1,4H2/p+1. The van der Waals surface area contributed by atoms with E-state index in [0.29, 0.717) is 11.3 Å². The Hall–Kier alpha value is -2.11. The molecule has 76 valence electrons. The normalized spacial score (nSPS) is 13.7. The average molecular weight is 208 g/mol. The first-order chi connectivity index (χ1) is 7.08.